The average molecular weight is 220 g/mol. The Morgan fingerprint density at radius 3 is 2.62 bits per heavy atom. The van der Waals surface area contributed by atoms with Gasteiger partial charge in [-0.25, -0.2) is 0 Å². The number of anilines is 1. The van der Waals surface area contributed by atoms with Crippen LogP contribution in [0.15, 0.2) is 30.3 Å². The zero-order valence-corrected chi connectivity index (χ0v) is 9.78. The predicted molar refractivity (Wildman–Crippen MR) is 66.5 cm³/mol. The second-order valence-corrected chi connectivity index (χ2v) is 4.46. The van der Waals surface area contributed by atoms with Gasteiger partial charge >= 0.3 is 0 Å². The van der Waals surface area contributed by atoms with Crippen molar-refractivity contribution in [1.82, 2.24) is 0 Å². The number of nitrogens with two attached hydrogens (primary N) is 1. The molecular weight excluding hydrogens is 200 g/mol. The van der Waals surface area contributed by atoms with Crippen LogP contribution in [0, 0.1) is 0 Å². The van der Waals surface area contributed by atoms with Gasteiger partial charge in [0.2, 0.25) is 0 Å². The molecule has 2 rings (SSSR count). The van der Waals surface area contributed by atoms with E-state index in [1.54, 1.807) is 0 Å². The number of para-hydroxylation sites is 1. The van der Waals surface area contributed by atoms with Crippen LogP contribution in [0.5, 0.6) is 0 Å². The summed E-state index contributed by atoms with van der Waals surface area (Å²) in [6.07, 6.45) is 2.39. The molecule has 1 fully saturated rings. The van der Waals surface area contributed by atoms with Gasteiger partial charge in [-0.15, -0.1) is 0 Å². The minimum absolute atomic E-state index is 0.0428. The Morgan fingerprint density at radius 1 is 1.38 bits per heavy atom. The fraction of sp³-hybridized carbons (Fsp3) is 0.538. The van der Waals surface area contributed by atoms with Crippen molar-refractivity contribution in [3.63, 3.8) is 0 Å². The lowest BCUT2D eigenvalue weighted by atomic mass is 9.74. The third-order valence-electron chi connectivity index (χ3n) is 3.21. The van der Waals surface area contributed by atoms with E-state index in [1.807, 2.05) is 25.1 Å². The van der Waals surface area contributed by atoms with Gasteiger partial charge in [-0.05, 0) is 31.9 Å². The number of benzene rings is 1. The molecule has 1 aliphatic rings. The molecule has 0 aliphatic heterocycles. The van der Waals surface area contributed by atoms with Crippen LogP contribution >= 0.6 is 0 Å². The van der Waals surface area contributed by atoms with E-state index in [9.17, 15) is 0 Å². The first kappa shape index (κ1) is 11.4. The van der Waals surface area contributed by atoms with E-state index in [-0.39, 0.29) is 5.54 Å². The quantitative estimate of drug-likeness (QED) is 0.798. The van der Waals surface area contributed by atoms with Crippen molar-refractivity contribution >= 4 is 5.69 Å². The van der Waals surface area contributed by atoms with Crippen molar-refractivity contribution < 1.29 is 4.74 Å². The molecule has 0 unspecified atom stereocenters. The summed E-state index contributed by atoms with van der Waals surface area (Å²) in [4.78, 5) is 0. The van der Waals surface area contributed by atoms with Crippen molar-refractivity contribution in [1.29, 1.82) is 0 Å². The lowest BCUT2D eigenvalue weighted by molar-refractivity contribution is -0.0271. The normalized spacial score (nSPS) is 28.5. The molecule has 0 aromatic heterocycles. The van der Waals surface area contributed by atoms with Gasteiger partial charge in [0, 0.05) is 18.8 Å². The molecule has 1 aromatic carbocycles. The van der Waals surface area contributed by atoms with E-state index in [0.29, 0.717) is 12.6 Å². The van der Waals surface area contributed by atoms with Crippen molar-refractivity contribution in [2.24, 2.45) is 5.73 Å². The summed E-state index contributed by atoms with van der Waals surface area (Å²) in [6.45, 7) is 3.48. The van der Waals surface area contributed by atoms with Gasteiger partial charge in [0.05, 0.1) is 11.6 Å². The fourth-order valence-electron chi connectivity index (χ4n) is 2.31. The standard InChI is InChI=1S/C13H20N2O/c1-2-16-12-8-13(9-12,10-14)15-11-6-4-3-5-7-11/h3-7,12,15H,2,8-10,14H2,1H3. The molecule has 0 atom stereocenters. The maximum atomic E-state index is 5.86. The van der Waals surface area contributed by atoms with Gasteiger partial charge < -0.3 is 15.8 Å². The molecule has 1 saturated carbocycles. The fourth-order valence-corrected chi connectivity index (χ4v) is 2.31. The predicted octanol–water partition coefficient (Wildman–Crippen LogP) is 1.99. The lowest BCUT2D eigenvalue weighted by Crippen LogP contribution is -2.58. The van der Waals surface area contributed by atoms with Crippen molar-refractivity contribution in [2.45, 2.75) is 31.4 Å². The van der Waals surface area contributed by atoms with E-state index >= 15 is 0 Å². The third-order valence-corrected chi connectivity index (χ3v) is 3.21. The van der Waals surface area contributed by atoms with E-state index in [2.05, 4.69) is 17.4 Å². The molecule has 0 amide bonds. The first-order valence-electron chi connectivity index (χ1n) is 5.93. The van der Waals surface area contributed by atoms with Crippen LogP contribution < -0.4 is 11.1 Å². The molecule has 0 saturated heterocycles. The Labute approximate surface area is 97.0 Å². The SMILES string of the molecule is CCOC1CC(CN)(Nc2ccccc2)C1. The summed E-state index contributed by atoms with van der Waals surface area (Å²) >= 11 is 0. The molecule has 0 radical (unpaired) electrons. The Bertz CT molecular complexity index is 320. The molecule has 16 heavy (non-hydrogen) atoms. The molecule has 1 aliphatic carbocycles. The Balaban J connectivity index is 1.93. The third kappa shape index (κ3) is 2.36. The van der Waals surface area contributed by atoms with E-state index in [1.165, 1.54) is 0 Å². The van der Waals surface area contributed by atoms with Gasteiger partial charge in [0.1, 0.15) is 0 Å². The molecule has 3 nitrogen and oxygen atoms in total. The first-order valence-corrected chi connectivity index (χ1v) is 5.93. The molecule has 88 valence electrons. The summed E-state index contributed by atoms with van der Waals surface area (Å²) in [5.74, 6) is 0. The highest BCUT2D eigenvalue weighted by Crippen LogP contribution is 2.36. The lowest BCUT2D eigenvalue weighted by Gasteiger charge is -2.47. The zero-order chi connectivity index (χ0) is 11.4. The van der Waals surface area contributed by atoms with Crippen LogP contribution in [0.3, 0.4) is 0 Å². The van der Waals surface area contributed by atoms with Crippen LogP contribution in [-0.4, -0.2) is 24.8 Å². The van der Waals surface area contributed by atoms with Gasteiger partial charge in [-0.1, -0.05) is 18.2 Å². The molecule has 0 bridgehead atoms. The summed E-state index contributed by atoms with van der Waals surface area (Å²) in [5, 5.41) is 3.52. The maximum absolute atomic E-state index is 5.86. The summed E-state index contributed by atoms with van der Waals surface area (Å²) in [7, 11) is 0. The number of hydrogen-bond donors (Lipinski definition) is 2. The van der Waals surface area contributed by atoms with Crippen LogP contribution in [-0.2, 0) is 4.74 Å². The van der Waals surface area contributed by atoms with Crippen LogP contribution in [0.25, 0.3) is 0 Å². The average Bonchev–Trinajstić information content (AvgIpc) is 2.27. The second kappa shape index (κ2) is 4.85. The van der Waals surface area contributed by atoms with Crippen molar-refractivity contribution in [3.8, 4) is 0 Å². The zero-order valence-electron chi connectivity index (χ0n) is 9.78. The summed E-state index contributed by atoms with van der Waals surface area (Å²) in [6, 6.07) is 10.2. The molecule has 3 heteroatoms. The van der Waals surface area contributed by atoms with Gasteiger partial charge in [0.25, 0.3) is 0 Å². The minimum atomic E-state index is 0.0428. The number of rotatable bonds is 5. The van der Waals surface area contributed by atoms with Crippen molar-refractivity contribution in [3.05, 3.63) is 30.3 Å². The van der Waals surface area contributed by atoms with Crippen molar-refractivity contribution in [2.75, 3.05) is 18.5 Å². The van der Waals surface area contributed by atoms with E-state index < -0.39 is 0 Å². The smallest absolute Gasteiger partial charge is 0.0620 e. The molecular formula is C13H20N2O. The Hall–Kier alpha value is -1.06. The van der Waals surface area contributed by atoms with E-state index in [0.717, 1.165) is 25.1 Å². The second-order valence-electron chi connectivity index (χ2n) is 4.46. The Kier molecular flexibility index (Phi) is 3.46. The van der Waals surface area contributed by atoms with Crippen LogP contribution in [0.2, 0.25) is 0 Å². The minimum Gasteiger partial charge on any atom is -0.378 e. The van der Waals surface area contributed by atoms with Crippen LogP contribution in [0.1, 0.15) is 19.8 Å². The van der Waals surface area contributed by atoms with E-state index in [4.69, 9.17) is 10.5 Å². The largest absolute Gasteiger partial charge is 0.378 e. The molecule has 3 N–H and O–H groups in total. The summed E-state index contributed by atoms with van der Waals surface area (Å²) < 4.78 is 5.58. The highest BCUT2D eigenvalue weighted by molar-refractivity contribution is 5.46. The number of hydrogen-bond acceptors (Lipinski definition) is 3. The summed E-state index contributed by atoms with van der Waals surface area (Å²) in [5.41, 5.74) is 7.04. The maximum Gasteiger partial charge on any atom is 0.0620 e. The first-order chi connectivity index (χ1) is 7.78. The Morgan fingerprint density at radius 2 is 2.06 bits per heavy atom. The van der Waals surface area contributed by atoms with Crippen LogP contribution in [0.4, 0.5) is 5.69 Å². The van der Waals surface area contributed by atoms with Gasteiger partial charge in [0.15, 0.2) is 0 Å². The highest BCUT2D eigenvalue weighted by atomic mass is 16.5. The van der Waals surface area contributed by atoms with Gasteiger partial charge in [-0.3, -0.25) is 0 Å². The number of nitrogens with one attached hydrogen (secondary N) is 1. The topological polar surface area (TPSA) is 47.3 Å². The number of ether oxygens (including phenoxy) is 1. The monoisotopic (exact) mass is 220 g/mol. The molecule has 0 heterocycles. The highest BCUT2D eigenvalue weighted by Gasteiger charge is 2.43. The van der Waals surface area contributed by atoms with Gasteiger partial charge in [-0.2, -0.15) is 0 Å². The molecule has 0 spiro atoms. The molecule has 1 aromatic rings.